The molecule has 0 amide bonds. The summed E-state index contributed by atoms with van der Waals surface area (Å²) in [4.78, 5) is 0. The van der Waals surface area contributed by atoms with Gasteiger partial charge in [-0.3, -0.25) is 0 Å². The van der Waals surface area contributed by atoms with Crippen LogP contribution in [0, 0.1) is 0 Å². The van der Waals surface area contributed by atoms with Crippen molar-refractivity contribution in [2.24, 2.45) is 0 Å². The van der Waals surface area contributed by atoms with Gasteiger partial charge in [-0.1, -0.05) is 0 Å². The van der Waals surface area contributed by atoms with Crippen LogP contribution in [-0.4, -0.2) is 38.1 Å². The van der Waals surface area contributed by atoms with Crippen LogP contribution in [0.25, 0.3) is 0 Å². The smallest absolute Gasteiger partial charge is 0.0834 e. The standard InChI is InChI=1S/C10H20O3/c1-8(2)13-9(3)6-10-7-11-4-5-12-10/h8-10H,4-7H2,1-3H3. The molecule has 0 N–H and O–H groups in total. The molecule has 0 aromatic heterocycles. The zero-order valence-electron chi connectivity index (χ0n) is 8.79. The maximum absolute atomic E-state index is 5.62. The molecule has 1 saturated heterocycles. The Labute approximate surface area is 80.4 Å². The summed E-state index contributed by atoms with van der Waals surface area (Å²) in [5, 5.41) is 0. The molecule has 78 valence electrons. The number of hydrogen-bond donors (Lipinski definition) is 0. The molecular weight excluding hydrogens is 168 g/mol. The molecule has 1 aliphatic rings. The van der Waals surface area contributed by atoms with Gasteiger partial charge in [-0.05, 0) is 20.8 Å². The van der Waals surface area contributed by atoms with Crippen LogP contribution in [0.15, 0.2) is 0 Å². The quantitative estimate of drug-likeness (QED) is 0.670. The highest BCUT2D eigenvalue weighted by atomic mass is 16.6. The zero-order valence-corrected chi connectivity index (χ0v) is 8.79. The third-order valence-corrected chi connectivity index (χ3v) is 1.98. The normalized spacial score (nSPS) is 26.3. The lowest BCUT2D eigenvalue weighted by atomic mass is 10.2. The van der Waals surface area contributed by atoms with Crippen molar-refractivity contribution in [1.29, 1.82) is 0 Å². The van der Waals surface area contributed by atoms with Crippen LogP contribution < -0.4 is 0 Å². The van der Waals surface area contributed by atoms with Crippen LogP contribution in [0.5, 0.6) is 0 Å². The Morgan fingerprint density at radius 3 is 2.62 bits per heavy atom. The highest BCUT2D eigenvalue weighted by Crippen LogP contribution is 2.11. The van der Waals surface area contributed by atoms with Crippen LogP contribution in [0.1, 0.15) is 27.2 Å². The first-order valence-electron chi connectivity index (χ1n) is 5.03. The van der Waals surface area contributed by atoms with Gasteiger partial charge < -0.3 is 14.2 Å². The maximum Gasteiger partial charge on any atom is 0.0834 e. The summed E-state index contributed by atoms with van der Waals surface area (Å²) in [6, 6.07) is 0. The van der Waals surface area contributed by atoms with Gasteiger partial charge in [-0.15, -0.1) is 0 Å². The topological polar surface area (TPSA) is 27.7 Å². The zero-order chi connectivity index (χ0) is 9.68. The molecule has 3 nitrogen and oxygen atoms in total. The monoisotopic (exact) mass is 188 g/mol. The highest BCUT2D eigenvalue weighted by Gasteiger charge is 2.18. The Bertz CT molecular complexity index is 130. The van der Waals surface area contributed by atoms with E-state index in [-0.39, 0.29) is 12.2 Å². The maximum atomic E-state index is 5.62. The van der Waals surface area contributed by atoms with E-state index in [0.717, 1.165) is 19.6 Å². The molecule has 2 atom stereocenters. The first kappa shape index (κ1) is 11.0. The van der Waals surface area contributed by atoms with E-state index < -0.39 is 0 Å². The molecule has 0 spiro atoms. The number of rotatable bonds is 4. The SMILES string of the molecule is CC(C)OC(C)CC1COCCO1. The third kappa shape index (κ3) is 4.60. The molecule has 0 aliphatic carbocycles. The van der Waals surface area contributed by atoms with Gasteiger partial charge in [-0.2, -0.15) is 0 Å². The van der Waals surface area contributed by atoms with Crippen LogP contribution in [0.4, 0.5) is 0 Å². The number of hydrogen-bond acceptors (Lipinski definition) is 3. The lowest BCUT2D eigenvalue weighted by Crippen LogP contribution is -2.32. The van der Waals surface area contributed by atoms with Crippen molar-refractivity contribution in [2.75, 3.05) is 19.8 Å². The number of ether oxygens (including phenoxy) is 3. The van der Waals surface area contributed by atoms with E-state index in [0.29, 0.717) is 12.7 Å². The van der Waals surface area contributed by atoms with E-state index in [4.69, 9.17) is 14.2 Å². The summed E-state index contributed by atoms with van der Waals surface area (Å²) in [7, 11) is 0. The molecule has 0 aromatic carbocycles. The Hall–Kier alpha value is -0.120. The highest BCUT2D eigenvalue weighted by molar-refractivity contribution is 4.65. The van der Waals surface area contributed by atoms with E-state index in [9.17, 15) is 0 Å². The van der Waals surface area contributed by atoms with Crippen molar-refractivity contribution < 1.29 is 14.2 Å². The van der Waals surface area contributed by atoms with Gasteiger partial charge in [0.2, 0.25) is 0 Å². The molecule has 0 aromatic rings. The first-order valence-corrected chi connectivity index (χ1v) is 5.03. The Balaban J connectivity index is 2.14. The van der Waals surface area contributed by atoms with E-state index >= 15 is 0 Å². The van der Waals surface area contributed by atoms with Gasteiger partial charge >= 0.3 is 0 Å². The van der Waals surface area contributed by atoms with Crippen LogP contribution in [0.2, 0.25) is 0 Å². The molecular formula is C10H20O3. The molecule has 1 rings (SSSR count). The van der Waals surface area contributed by atoms with E-state index in [1.807, 2.05) is 0 Å². The van der Waals surface area contributed by atoms with Crippen molar-refractivity contribution in [2.45, 2.75) is 45.5 Å². The van der Waals surface area contributed by atoms with Gasteiger partial charge in [-0.25, -0.2) is 0 Å². The molecule has 1 fully saturated rings. The van der Waals surface area contributed by atoms with Crippen molar-refractivity contribution in [3.05, 3.63) is 0 Å². The minimum atomic E-state index is 0.225. The minimum absolute atomic E-state index is 0.225. The predicted octanol–water partition coefficient (Wildman–Crippen LogP) is 1.61. The summed E-state index contributed by atoms with van der Waals surface area (Å²) in [5.41, 5.74) is 0. The van der Waals surface area contributed by atoms with Crippen molar-refractivity contribution in [1.82, 2.24) is 0 Å². The molecule has 0 bridgehead atoms. The van der Waals surface area contributed by atoms with Gasteiger partial charge in [0.1, 0.15) is 0 Å². The fraction of sp³-hybridized carbons (Fsp3) is 1.00. The van der Waals surface area contributed by atoms with E-state index in [1.54, 1.807) is 0 Å². The second kappa shape index (κ2) is 5.58. The molecule has 1 aliphatic heterocycles. The second-order valence-corrected chi connectivity index (χ2v) is 3.80. The average molecular weight is 188 g/mol. The van der Waals surface area contributed by atoms with Gasteiger partial charge in [0.05, 0.1) is 38.1 Å². The average Bonchev–Trinajstić information content (AvgIpc) is 2.04. The predicted molar refractivity (Wildman–Crippen MR) is 50.9 cm³/mol. The summed E-state index contributed by atoms with van der Waals surface area (Å²) >= 11 is 0. The largest absolute Gasteiger partial charge is 0.376 e. The van der Waals surface area contributed by atoms with Crippen LogP contribution >= 0.6 is 0 Å². The van der Waals surface area contributed by atoms with Crippen LogP contribution in [0.3, 0.4) is 0 Å². The molecule has 0 radical (unpaired) electrons. The van der Waals surface area contributed by atoms with Crippen molar-refractivity contribution in [3.8, 4) is 0 Å². The second-order valence-electron chi connectivity index (χ2n) is 3.80. The van der Waals surface area contributed by atoms with Gasteiger partial charge in [0.25, 0.3) is 0 Å². The molecule has 1 heterocycles. The van der Waals surface area contributed by atoms with E-state index in [1.165, 1.54) is 0 Å². The Morgan fingerprint density at radius 2 is 2.08 bits per heavy atom. The summed E-state index contributed by atoms with van der Waals surface area (Å²) in [6.07, 6.45) is 1.70. The van der Waals surface area contributed by atoms with Crippen molar-refractivity contribution in [3.63, 3.8) is 0 Å². The fourth-order valence-electron chi connectivity index (χ4n) is 1.56. The Kier molecular flexibility index (Phi) is 4.70. The molecule has 13 heavy (non-hydrogen) atoms. The van der Waals surface area contributed by atoms with Crippen molar-refractivity contribution >= 4 is 0 Å². The first-order chi connectivity index (χ1) is 6.18. The van der Waals surface area contributed by atoms with Gasteiger partial charge in [0, 0.05) is 6.42 Å². The summed E-state index contributed by atoms with van der Waals surface area (Å²) < 4.78 is 16.4. The summed E-state index contributed by atoms with van der Waals surface area (Å²) in [6.45, 7) is 8.35. The molecule has 3 heteroatoms. The summed E-state index contributed by atoms with van der Waals surface area (Å²) in [5.74, 6) is 0. The van der Waals surface area contributed by atoms with E-state index in [2.05, 4.69) is 20.8 Å². The van der Waals surface area contributed by atoms with Gasteiger partial charge in [0.15, 0.2) is 0 Å². The van der Waals surface area contributed by atoms with Crippen LogP contribution in [-0.2, 0) is 14.2 Å². The Morgan fingerprint density at radius 1 is 1.31 bits per heavy atom. The molecule has 2 unspecified atom stereocenters. The fourth-order valence-corrected chi connectivity index (χ4v) is 1.56. The third-order valence-electron chi connectivity index (χ3n) is 1.98. The minimum Gasteiger partial charge on any atom is -0.376 e. The lowest BCUT2D eigenvalue weighted by molar-refractivity contribution is -0.110. The molecule has 0 saturated carbocycles. The lowest BCUT2D eigenvalue weighted by Gasteiger charge is -2.26.